The third-order valence-corrected chi connectivity index (χ3v) is 1.17. The number of carbonyl (C=O) groups is 1. The van der Waals surface area contributed by atoms with Crippen LogP contribution in [0.1, 0.15) is 13.3 Å². The highest BCUT2D eigenvalue weighted by atomic mass is 35.5. The Morgan fingerprint density at radius 1 is 1.70 bits per heavy atom. The van der Waals surface area contributed by atoms with Crippen LogP contribution in [0.15, 0.2) is 12.3 Å². The minimum absolute atomic E-state index is 0.372. The first kappa shape index (κ1) is 9.79. The normalized spacial score (nSPS) is 9.60. The molecular formula is C6H8Cl2O2. The lowest BCUT2D eigenvalue weighted by Gasteiger charge is -2.03. The number of carbonyl (C=O) groups excluding carboxylic acids is 1. The third-order valence-electron chi connectivity index (χ3n) is 0.817. The first-order valence-corrected chi connectivity index (χ1v) is 3.62. The van der Waals surface area contributed by atoms with E-state index in [9.17, 15) is 4.79 Å². The summed E-state index contributed by atoms with van der Waals surface area (Å²) in [4.78, 5) is 9.44. The highest BCUT2D eigenvalue weighted by Gasteiger charge is 2.13. The predicted octanol–water partition coefficient (Wildman–Crippen LogP) is 2.26. The van der Waals surface area contributed by atoms with Crippen LogP contribution in [0.4, 0.5) is 0 Å². The van der Waals surface area contributed by atoms with Gasteiger partial charge in [-0.15, -0.1) is 0 Å². The number of allylic oxidation sites excluding steroid dienone is 1. The smallest absolute Gasteiger partial charge is 0.344 e. The molecule has 0 unspecified atom stereocenters. The molecule has 0 rings (SSSR count). The molecule has 0 amide bonds. The number of rotatable bonds is 3. The van der Waals surface area contributed by atoms with Crippen LogP contribution in [0.25, 0.3) is 0 Å². The second kappa shape index (κ2) is 4.58. The number of halogens is 2. The zero-order valence-corrected chi connectivity index (χ0v) is 7.08. The van der Waals surface area contributed by atoms with E-state index in [4.69, 9.17) is 23.2 Å². The van der Waals surface area contributed by atoms with Gasteiger partial charge in [0.2, 0.25) is 4.84 Å². The summed E-state index contributed by atoms with van der Waals surface area (Å²) in [6.45, 7) is 5.25. The fourth-order valence-electron chi connectivity index (χ4n) is 0.259. The Balaban J connectivity index is 3.69. The summed E-state index contributed by atoms with van der Waals surface area (Å²) in [5.41, 5.74) is 0. The van der Waals surface area contributed by atoms with Crippen LogP contribution in [-0.2, 0) is 9.53 Å². The van der Waals surface area contributed by atoms with Gasteiger partial charge in [-0.3, -0.25) is 0 Å². The highest BCUT2D eigenvalue weighted by Crippen LogP contribution is 2.08. The molecule has 0 aliphatic carbocycles. The first-order valence-electron chi connectivity index (χ1n) is 2.75. The van der Waals surface area contributed by atoms with Crippen molar-refractivity contribution in [2.45, 2.75) is 18.2 Å². The topological polar surface area (TPSA) is 26.3 Å². The summed E-state index contributed by atoms with van der Waals surface area (Å²) in [7, 11) is 0. The quantitative estimate of drug-likeness (QED) is 0.381. The molecule has 0 aromatic heterocycles. The molecule has 0 fully saturated rings. The molecule has 0 aromatic rings. The Kier molecular flexibility index (Phi) is 4.49. The van der Waals surface area contributed by atoms with Gasteiger partial charge in [0, 0.05) is 6.42 Å². The summed E-state index contributed by atoms with van der Waals surface area (Å²) in [6.07, 6.45) is 0.576. The number of ether oxygens (including phenoxy) is 1. The van der Waals surface area contributed by atoms with E-state index < -0.39 is 10.8 Å². The van der Waals surface area contributed by atoms with Gasteiger partial charge in [0.25, 0.3) is 0 Å². The van der Waals surface area contributed by atoms with Gasteiger partial charge in [-0.1, -0.05) is 36.7 Å². The second-order valence-corrected chi connectivity index (χ2v) is 2.71. The Labute approximate surface area is 69.8 Å². The van der Waals surface area contributed by atoms with Crippen molar-refractivity contribution >= 4 is 29.2 Å². The lowest BCUT2D eigenvalue weighted by Crippen LogP contribution is -2.11. The van der Waals surface area contributed by atoms with Crippen LogP contribution in [0.3, 0.4) is 0 Å². The molecule has 0 saturated carbocycles. The molecule has 2 nitrogen and oxygen atoms in total. The van der Waals surface area contributed by atoms with Crippen LogP contribution >= 0.6 is 23.2 Å². The summed E-state index contributed by atoms with van der Waals surface area (Å²) in [5, 5.41) is 0. The molecule has 0 bridgehead atoms. The van der Waals surface area contributed by atoms with Gasteiger partial charge in [0.1, 0.15) is 5.76 Å². The fraction of sp³-hybridized carbons (Fsp3) is 0.500. The maximum absolute atomic E-state index is 10.6. The molecule has 58 valence electrons. The number of esters is 1. The second-order valence-electron chi connectivity index (χ2n) is 1.61. The SMILES string of the molecule is C=C(CC)OC(=O)C(Cl)Cl. The van der Waals surface area contributed by atoms with Crippen LogP contribution in [0.5, 0.6) is 0 Å². The summed E-state index contributed by atoms with van der Waals surface area (Å²) in [5.74, 6) is -0.300. The first-order chi connectivity index (χ1) is 4.57. The van der Waals surface area contributed by atoms with Crippen LogP contribution in [0, 0.1) is 0 Å². The van der Waals surface area contributed by atoms with Crippen LogP contribution in [0.2, 0.25) is 0 Å². The molecule has 0 aromatic carbocycles. The molecule has 10 heavy (non-hydrogen) atoms. The van der Waals surface area contributed by atoms with Crippen molar-refractivity contribution in [1.82, 2.24) is 0 Å². The molecule has 0 saturated heterocycles. The van der Waals surface area contributed by atoms with Crippen molar-refractivity contribution in [3.8, 4) is 0 Å². The number of alkyl halides is 2. The predicted molar refractivity (Wildman–Crippen MR) is 41.0 cm³/mol. The summed E-state index contributed by atoms with van der Waals surface area (Å²) in [6, 6.07) is 0. The van der Waals surface area contributed by atoms with E-state index in [1.807, 2.05) is 6.92 Å². The molecule has 0 radical (unpaired) electrons. The van der Waals surface area contributed by atoms with Crippen LogP contribution < -0.4 is 0 Å². The van der Waals surface area contributed by atoms with E-state index in [0.717, 1.165) is 0 Å². The third kappa shape index (κ3) is 3.75. The van der Waals surface area contributed by atoms with Gasteiger partial charge in [-0.2, -0.15) is 0 Å². The van der Waals surface area contributed by atoms with Gasteiger partial charge in [-0.25, -0.2) is 4.79 Å². The van der Waals surface area contributed by atoms with E-state index >= 15 is 0 Å². The highest BCUT2D eigenvalue weighted by molar-refractivity contribution is 6.52. The van der Waals surface area contributed by atoms with Crippen molar-refractivity contribution < 1.29 is 9.53 Å². The van der Waals surface area contributed by atoms with Crippen molar-refractivity contribution in [3.05, 3.63) is 12.3 Å². The molecule has 0 spiro atoms. The molecule has 0 aliphatic rings. The van der Waals surface area contributed by atoms with Crippen molar-refractivity contribution in [3.63, 3.8) is 0 Å². The van der Waals surface area contributed by atoms with Crippen molar-refractivity contribution in [2.24, 2.45) is 0 Å². The zero-order valence-electron chi connectivity index (χ0n) is 5.56. The largest absolute Gasteiger partial charge is 0.430 e. The zero-order chi connectivity index (χ0) is 8.15. The standard InChI is InChI=1S/C6H8Cl2O2/c1-3-4(2)10-6(9)5(7)8/h5H,2-3H2,1H3. The van der Waals surface area contributed by atoms with E-state index in [0.29, 0.717) is 12.2 Å². The van der Waals surface area contributed by atoms with Gasteiger partial charge in [0.15, 0.2) is 0 Å². The summed E-state index contributed by atoms with van der Waals surface area (Å²) < 4.78 is 4.56. The van der Waals surface area contributed by atoms with Gasteiger partial charge >= 0.3 is 5.97 Å². The maximum atomic E-state index is 10.6. The lowest BCUT2D eigenvalue weighted by atomic mass is 10.4. The number of hydrogen-bond donors (Lipinski definition) is 0. The molecule has 0 atom stereocenters. The lowest BCUT2D eigenvalue weighted by molar-refractivity contribution is -0.137. The number of hydrogen-bond acceptors (Lipinski definition) is 2. The van der Waals surface area contributed by atoms with E-state index in [1.54, 1.807) is 0 Å². The Morgan fingerprint density at radius 2 is 2.20 bits per heavy atom. The fourth-order valence-corrected chi connectivity index (χ4v) is 0.348. The van der Waals surface area contributed by atoms with Gasteiger partial charge in [-0.05, 0) is 0 Å². The Bertz CT molecular complexity index is 143. The summed E-state index contributed by atoms with van der Waals surface area (Å²) >= 11 is 10.4. The van der Waals surface area contributed by atoms with Crippen molar-refractivity contribution in [1.29, 1.82) is 0 Å². The molecular weight excluding hydrogens is 175 g/mol. The van der Waals surface area contributed by atoms with E-state index in [2.05, 4.69) is 11.3 Å². The average molecular weight is 183 g/mol. The van der Waals surface area contributed by atoms with Gasteiger partial charge < -0.3 is 4.74 Å². The molecule has 0 heterocycles. The monoisotopic (exact) mass is 182 g/mol. The Hall–Kier alpha value is -0.210. The molecule has 4 heteroatoms. The molecule has 0 N–H and O–H groups in total. The maximum Gasteiger partial charge on any atom is 0.344 e. The van der Waals surface area contributed by atoms with Gasteiger partial charge in [0.05, 0.1) is 0 Å². The van der Waals surface area contributed by atoms with E-state index in [1.165, 1.54) is 0 Å². The van der Waals surface area contributed by atoms with Crippen molar-refractivity contribution in [2.75, 3.05) is 0 Å². The van der Waals surface area contributed by atoms with Crippen LogP contribution in [-0.4, -0.2) is 10.8 Å². The minimum atomic E-state index is -1.12. The van der Waals surface area contributed by atoms with E-state index in [-0.39, 0.29) is 0 Å². The average Bonchev–Trinajstić information content (AvgIpc) is 1.87. The molecule has 0 aliphatic heterocycles. The minimum Gasteiger partial charge on any atom is -0.430 e. The Morgan fingerprint density at radius 3 is 2.50 bits per heavy atom.